The molecule has 20 heavy (non-hydrogen) atoms. The molecule has 0 saturated carbocycles. The van der Waals surface area contributed by atoms with E-state index in [1.54, 1.807) is 6.07 Å². The molecule has 0 bridgehead atoms. The van der Waals surface area contributed by atoms with Crippen LogP contribution in [0.15, 0.2) is 41.6 Å². The standard InChI is InChI=1S/C12H8Cl2FNO3S/c13-10-6-16-4-3-8(10)7-19-12-2-1-9(5-11(12)15)20(14,17)18/h1-6H,7H2. The lowest BCUT2D eigenvalue weighted by Crippen LogP contribution is -2.00. The summed E-state index contributed by atoms with van der Waals surface area (Å²) in [6.07, 6.45) is 2.98. The normalized spacial score (nSPS) is 11.3. The molecule has 0 N–H and O–H groups in total. The average molecular weight is 336 g/mol. The lowest BCUT2D eigenvalue weighted by atomic mass is 10.3. The molecule has 0 atom stereocenters. The van der Waals surface area contributed by atoms with Crippen molar-refractivity contribution >= 4 is 31.3 Å². The molecule has 1 aromatic carbocycles. The van der Waals surface area contributed by atoms with Crippen LogP contribution in [0.2, 0.25) is 5.02 Å². The van der Waals surface area contributed by atoms with E-state index in [0.717, 1.165) is 12.1 Å². The minimum absolute atomic E-state index is 0.0330. The smallest absolute Gasteiger partial charge is 0.261 e. The second-order valence-electron chi connectivity index (χ2n) is 3.79. The summed E-state index contributed by atoms with van der Waals surface area (Å²) in [6.45, 7) is 0.0330. The molecule has 0 unspecified atom stereocenters. The van der Waals surface area contributed by atoms with Crippen molar-refractivity contribution in [2.75, 3.05) is 0 Å². The molecule has 0 aliphatic carbocycles. The van der Waals surface area contributed by atoms with Gasteiger partial charge < -0.3 is 4.74 Å². The molecule has 0 aliphatic rings. The zero-order valence-electron chi connectivity index (χ0n) is 9.89. The molecule has 1 heterocycles. The Bertz CT molecular complexity index is 737. The summed E-state index contributed by atoms with van der Waals surface area (Å²) >= 11 is 5.88. The molecule has 4 nitrogen and oxygen atoms in total. The summed E-state index contributed by atoms with van der Waals surface area (Å²) in [5, 5.41) is 0.396. The van der Waals surface area contributed by atoms with Crippen molar-refractivity contribution in [1.82, 2.24) is 4.98 Å². The highest BCUT2D eigenvalue weighted by atomic mass is 35.7. The van der Waals surface area contributed by atoms with Gasteiger partial charge in [0.25, 0.3) is 9.05 Å². The number of rotatable bonds is 4. The predicted octanol–water partition coefficient (Wildman–Crippen LogP) is 3.38. The first kappa shape index (κ1) is 15.0. The molecule has 0 radical (unpaired) electrons. The molecule has 0 spiro atoms. The second-order valence-corrected chi connectivity index (χ2v) is 6.76. The third-order valence-corrected chi connectivity index (χ3v) is 4.12. The van der Waals surface area contributed by atoms with Crippen molar-refractivity contribution < 1.29 is 17.5 Å². The van der Waals surface area contributed by atoms with Crippen LogP contribution in [0.3, 0.4) is 0 Å². The average Bonchev–Trinajstić information content (AvgIpc) is 2.38. The van der Waals surface area contributed by atoms with Gasteiger partial charge in [0.15, 0.2) is 11.6 Å². The van der Waals surface area contributed by atoms with Gasteiger partial charge in [0.2, 0.25) is 0 Å². The fourth-order valence-corrected chi connectivity index (χ4v) is 2.36. The quantitative estimate of drug-likeness (QED) is 0.803. The number of halogens is 3. The topological polar surface area (TPSA) is 56.3 Å². The van der Waals surface area contributed by atoms with Crippen LogP contribution < -0.4 is 4.74 Å². The van der Waals surface area contributed by atoms with E-state index in [2.05, 4.69) is 4.98 Å². The summed E-state index contributed by atoms with van der Waals surface area (Å²) < 4.78 is 41.0. The first-order valence-corrected chi connectivity index (χ1v) is 8.02. The molecule has 2 aromatic rings. The van der Waals surface area contributed by atoms with E-state index in [-0.39, 0.29) is 17.3 Å². The van der Waals surface area contributed by atoms with E-state index in [1.807, 2.05) is 0 Å². The van der Waals surface area contributed by atoms with Gasteiger partial charge in [-0.3, -0.25) is 4.98 Å². The highest BCUT2D eigenvalue weighted by Gasteiger charge is 2.14. The number of nitrogens with zero attached hydrogens (tertiary/aromatic N) is 1. The molecule has 8 heteroatoms. The summed E-state index contributed by atoms with van der Waals surface area (Å²) in [6, 6.07) is 4.79. The summed E-state index contributed by atoms with van der Waals surface area (Å²) in [5.41, 5.74) is 0.634. The highest BCUT2D eigenvalue weighted by molar-refractivity contribution is 8.13. The van der Waals surface area contributed by atoms with E-state index in [9.17, 15) is 12.8 Å². The Morgan fingerprint density at radius 1 is 1.30 bits per heavy atom. The Hall–Kier alpha value is -1.37. The summed E-state index contributed by atoms with van der Waals surface area (Å²) in [7, 11) is 1.15. The van der Waals surface area contributed by atoms with Crippen molar-refractivity contribution in [3.05, 3.63) is 53.1 Å². The molecule has 0 aliphatic heterocycles. The Morgan fingerprint density at radius 2 is 2.05 bits per heavy atom. The van der Waals surface area contributed by atoms with Crippen molar-refractivity contribution in [3.63, 3.8) is 0 Å². The third kappa shape index (κ3) is 3.59. The number of hydrogen-bond acceptors (Lipinski definition) is 4. The lowest BCUT2D eigenvalue weighted by Gasteiger charge is -2.08. The van der Waals surface area contributed by atoms with E-state index in [1.165, 1.54) is 18.5 Å². The molecule has 0 amide bonds. The van der Waals surface area contributed by atoms with Gasteiger partial charge in [-0.1, -0.05) is 11.6 Å². The van der Waals surface area contributed by atoms with Gasteiger partial charge in [-0.2, -0.15) is 0 Å². The predicted molar refractivity (Wildman–Crippen MR) is 73.0 cm³/mol. The minimum atomic E-state index is -3.97. The van der Waals surface area contributed by atoms with Crippen LogP contribution in [0.1, 0.15) is 5.56 Å². The lowest BCUT2D eigenvalue weighted by molar-refractivity contribution is 0.290. The maximum absolute atomic E-state index is 13.7. The van der Waals surface area contributed by atoms with E-state index in [0.29, 0.717) is 10.6 Å². The van der Waals surface area contributed by atoms with Crippen molar-refractivity contribution in [1.29, 1.82) is 0 Å². The molecule has 1 aromatic heterocycles. The van der Waals surface area contributed by atoms with Gasteiger partial charge in [-0.15, -0.1) is 0 Å². The van der Waals surface area contributed by atoms with E-state index in [4.69, 9.17) is 27.0 Å². The van der Waals surface area contributed by atoms with Crippen LogP contribution in [0.4, 0.5) is 4.39 Å². The SMILES string of the molecule is O=S(=O)(Cl)c1ccc(OCc2ccncc2Cl)c(F)c1. The van der Waals surface area contributed by atoms with Crippen LogP contribution in [-0.2, 0) is 15.7 Å². The van der Waals surface area contributed by atoms with Crippen molar-refractivity contribution in [2.45, 2.75) is 11.5 Å². The fraction of sp³-hybridized carbons (Fsp3) is 0.0833. The number of hydrogen-bond donors (Lipinski definition) is 0. The fourth-order valence-electron chi connectivity index (χ4n) is 1.43. The first-order valence-electron chi connectivity index (χ1n) is 5.33. The maximum Gasteiger partial charge on any atom is 0.261 e. The Labute approximate surface area is 124 Å². The molecule has 106 valence electrons. The van der Waals surface area contributed by atoms with Gasteiger partial charge in [-0.25, -0.2) is 12.8 Å². The Kier molecular flexibility index (Phi) is 4.47. The van der Waals surface area contributed by atoms with E-state index >= 15 is 0 Å². The van der Waals surface area contributed by atoms with E-state index < -0.39 is 14.9 Å². The number of aromatic nitrogens is 1. The number of pyridine rings is 1. The largest absolute Gasteiger partial charge is 0.486 e. The number of benzene rings is 1. The van der Waals surface area contributed by atoms with Gasteiger partial charge in [0.1, 0.15) is 6.61 Å². The van der Waals surface area contributed by atoms with Gasteiger partial charge in [0.05, 0.1) is 9.92 Å². The van der Waals surface area contributed by atoms with Crippen LogP contribution in [-0.4, -0.2) is 13.4 Å². The first-order chi connectivity index (χ1) is 9.38. The van der Waals surface area contributed by atoms with Crippen LogP contribution >= 0.6 is 22.3 Å². The maximum atomic E-state index is 13.7. The van der Waals surface area contributed by atoms with Crippen LogP contribution in [0.5, 0.6) is 5.75 Å². The monoisotopic (exact) mass is 335 g/mol. The van der Waals surface area contributed by atoms with Crippen molar-refractivity contribution in [2.24, 2.45) is 0 Å². The Balaban J connectivity index is 2.17. The van der Waals surface area contributed by atoms with Gasteiger partial charge in [0, 0.05) is 28.6 Å². The molecular weight excluding hydrogens is 328 g/mol. The minimum Gasteiger partial charge on any atom is -0.486 e. The second kappa shape index (κ2) is 5.95. The number of ether oxygens (including phenoxy) is 1. The summed E-state index contributed by atoms with van der Waals surface area (Å²) in [4.78, 5) is 3.49. The van der Waals surface area contributed by atoms with Gasteiger partial charge >= 0.3 is 0 Å². The molecule has 0 fully saturated rings. The summed E-state index contributed by atoms with van der Waals surface area (Å²) in [5.74, 6) is -0.918. The molecule has 0 saturated heterocycles. The zero-order valence-corrected chi connectivity index (χ0v) is 12.2. The zero-order chi connectivity index (χ0) is 14.8. The van der Waals surface area contributed by atoms with Crippen molar-refractivity contribution in [3.8, 4) is 5.75 Å². The molecular formula is C12H8Cl2FNO3S. The Morgan fingerprint density at radius 3 is 2.65 bits per heavy atom. The van der Waals surface area contributed by atoms with Crippen LogP contribution in [0, 0.1) is 5.82 Å². The van der Waals surface area contributed by atoms with Gasteiger partial charge in [-0.05, 0) is 24.3 Å². The van der Waals surface area contributed by atoms with Crippen LogP contribution in [0.25, 0.3) is 0 Å². The molecule has 2 rings (SSSR count). The third-order valence-electron chi connectivity index (χ3n) is 2.42. The highest BCUT2D eigenvalue weighted by Crippen LogP contribution is 2.24.